The van der Waals surface area contributed by atoms with Gasteiger partial charge in [-0.1, -0.05) is 129 Å². The molecular weight excluding hydrogens is 480 g/mol. The Bertz CT molecular complexity index is 1540. The summed E-state index contributed by atoms with van der Waals surface area (Å²) >= 11 is 0. The van der Waals surface area contributed by atoms with Crippen molar-refractivity contribution >= 4 is 11.1 Å². The molecule has 0 N–H and O–H groups in total. The summed E-state index contributed by atoms with van der Waals surface area (Å²) in [5.74, 6) is 0.577. The van der Waals surface area contributed by atoms with E-state index in [1.54, 1.807) is 0 Å². The van der Waals surface area contributed by atoms with E-state index in [2.05, 4.69) is 115 Å². The summed E-state index contributed by atoms with van der Waals surface area (Å²) in [6.07, 6.45) is 14.6. The van der Waals surface area contributed by atoms with Crippen molar-refractivity contribution in [3.8, 4) is 0 Å². The van der Waals surface area contributed by atoms with Crippen molar-refractivity contribution in [3.63, 3.8) is 0 Å². The maximum absolute atomic E-state index is 4.74. The number of hydrogen-bond donors (Lipinski definition) is 0. The van der Waals surface area contributed by atoms with Gasteiger partial charge >= 0.3 is 0 Å². The Balaban J connectivity index is 1.45. The SMILES string of the molecule is C=C(CCC)C1=C(C)C=C2C/C(=C\C3=CC=C(c4ccc(C)cc4C(=C)C)C3)C(=C)C2C1c1ccc(CC)cc1. The standard InChI is InChI=1S/C40H44/c1-9-11-27(6)38-28(7)21-35-24-34(29(8)39(35)40(38)32-16-13-30(10-2)14-17-32)23-31-15-18-33(22-31)36-19-12-26(5)20-37(36)25(3)4/h12-21,23,39-40H,3,6,8-11,22,24H2,1-2,4-5,7H3/b34-23+. The van der Waals surface area contributed by atoms with Gasteiger partial charge in [-0.2, -0.15) is 0 Å². The molecule has 0 aliphatic heterocycles. The van der Waals surface area contributed by atoms with Gasteiger partial charge in [0.1, 0.15) is 0 Å². The number of allylic oxidation sites excluding steroid dienone is 13. The molecule has 3 aliphatic rings. The van der Waals surface area contributed by atoms with Crippen LogP contribution in [0.15, 0.2) is 126 Å². The summed E-state index contributed by atoms with van der Waals surface area (Å²) in [7, 11) is 0. The highest BCUT2D eigenvalue weighted by Crippen LogP contribution is 2.55. The highest BCUT2D eigenvalue weighted by molar-refractivity contribution is 5.82. The Kier molecular flexibility index (Phi) is 7.99. The van der Waals surface area contributed by atoms with Gasteiger partial charge in [0.25, 0.3) is 0 Å². The smallest absolute Gasteiger partial charge is 0.0201 e. The monoisotopic (exact) mass is 524 g/mol. The molecule has 0 heteroatoms. The lowest BCUT2D eigenvalue weighted by atomic mass is 9.69. The van der Waals surface area contributed by atoms with Crippen molar-refractivity contribution in [1.29, 1.82) is 0 Å². The fourth-order valence-corrected chi connectivity index (χ4v) is 6.93. The van der Waals surface area contributed by atoms with Crippen LogP contribution in [0, 0.1) is 12.8 Å². The molecule has 0 heterocycles. The number of rotatable bonds is 8. The highest BCUT2D eigenvalue weighted by atomic mass is 14.4. The molecule has 0 nitrogen and oxygen atoms in total. The van der Waals surface area contributed by atoms with E-state index in [1.165, 1.54) is 72.4 Å². The van der Waals surface area contributed by atoms with E-state index in [-0.39, 0.29) is 5.92 Å². The Morgan fingerprint density at radius 3 is 2.38 bits per heavy atom. The van der Waals surface area contributed by atoms with E-state index in [0.717, 1.165) is 37.7 Å². The molecule has 2 aromatic rings. The molecule has 0 saturated heterocycles. The first-order valence-corrected chi connectivity index (χ1v) is 15.0. The molecule has 0 bridgehead atoms. The minimum absolute atomic E-state index is 0.278. The van der Waals surface area contributed by atoms with Gasteiger partial charge < -0.3 is 0 Å². The number of hydrogen-bond acceptors (Lipinski definition) is 0. The van der Waals surface area contributed by atoms with Crippen molar-refractivity contribution < 1.29 is 0 Å². The van der Waals surface area contributed by atoms with Crippen LogP contribution in [0.3, 0.4) is 0 Å². The van der Waals surface area contributed by atoms with Crippen LogP contribution in [-0.2, 0) is 6.42 Å². The van der Waals surface area contributed by atoms with Gasteiger partial charge in [-0.3, -0.25) is 0 Å². The van der Waals surface area contributed by atoms with E-state index >= 15 is 0 Å². The first kappa shape index (κ1) is 27.9. The molecule has 0 radical (unpaired) electrons. The molecule has 3 aliphatic carbocycles. The Hall–Kier alpha value is -3.64. The van der Waals surface area contributed by atoms with Crippen LogP contribution < -0.4 is 0 Å². The number of aryl methyl sites for hydroxylation is 2. The summed E-state index contributed by atoms with van der Waals surface area (Å²) in [5.41, 5.74) is 18.7. The van der Waals surface area contributed by atoms with Gasteiger partial charge in [0.15, 0.2) is 0 Å². The predicted molar refractivity (Wildman–Crippen MR) is 175 cm³/mol. The molecule has 2 aromatic carbocycles. The van der Waals surface area contributed by atoms with Crippen LogP contribution >= 0.6 is 0 Å². The third kappa shape index (κ3) is 5.25. The zero-order valence-electron chi connectivity index (χ0n) is 25.2. The lowest BCUT2D eigenvalue weighted by Gasteiger charge is -2.34. The lowest BCUT2D eigenvalue weighted by Crippen LogP contribution is -2.21. The molecular formula is C40H44. The van der Waals surface area contributed by atoms with Gasteiger partial charge in [-0.25, -0.2) is 0 Å². The third-order valence-electron chi connectivity index (χ3n) is 8.97. The van der Waals surface area contributed by atoms with Crippen LogP contribution in [0.5, 0.6) is 0 Å². The van der Waals surface area contributed by atoms with Crippen LogP contribution in [0.4, 0.5) is 0 Å². The molecule has 204 valence electrons. The van der Waals surface area contributed by atoms with E-state index in [4.69, 9.17) is 6.58 Å². The molecule has 2 unspecified atom stereocenters. The molecule has 1 saturated carbocycles. The van der Waals surface area contributed by atoms with E-state index in [0.29, 0.717) is 5.92 Å². The zero-order valence-corrected chi connectivity index (χ0v) is 25.2. The summed E-state index contributed by atoms with van der Waals surface area (Å²) < 4.78 is 0. The molecule has 40 heavy (non-hydrogen) atoms. The minimum Gasteiger partial charge on any atom is -0.0955 e. The van der Waals surface area contributed by atoms with Crippen LogP contribution in [0.2, 0.25) is 0 Å². The molecule has 1 fully saturated rings. The normalized spacial score (nSPS) is 21.4. The fourth-order valence-electron chi connectivity index (χ4n) is 6.93. The van der Waals surface area contributed by atoms with Crippen molar-refractivity contribution in [2.75, 3.05) is 0 Å². The van der Waals surface area contributed by atoms with Crippen molar-refractivity contribution in [2.24, 2.45) is 5.92 Å². The average molecular weight is 525 g/mol. The lowest BCUT2D eigenvalue weighted by molar-refractivity contribution is 0.619. The molecule has 0 aromatic heterocycles. The number of fused-ring (bicyclic) bond motifs is 1. The number of benzene rings is 2. The first-order valence-electron chi connectivity index (χ1n) is 15.0. The van der Waals surface area contributed by atoms with Gasteiger partial charge in [0.2, 0.25) is 0 Å². The second kappa shape index (κ2) is 11.5. The quantitative estimate of drug-likeness (QED) is 0.322. The topological polar surface area (TPSA) is 0 Å². The summed E-state index contributed by atoms with van der Waals surface area (Å²) in [5, 5.41) is 0. The van der Waals surface area contributed by atoms with Crippen LogP contribution in [0.1, 0.15) is 87.1 Å². The molecule has 0 spiro atoms. The van der Waals surface area contributed by atoms with Crippen molar-refractivity contribution in [1.82, 2.24) is 0 Å². The van der Waals surface area contributed by atoms with Crippen LogP contribution in [-0.4, -0.2) is 0 Å². The average Bonchev–Trinajstić information content (AvgIpc) is 3.52. The van der Waals surface area contributed by atoms with Gasteiger partial charge in [0, 0.05) is 11.8 Å². The predicted octanol–water partition coefficient (Wildman–Crippen LogP) is 11.2. The first-order chi connectivity index (χ1) is 19.2. The summed E-state index contributed by atoms with van der Waals surface area (Å²) in [4.78, 5) is 0. The maximum Gasteiger partial charge on any atom is 0.0201 e. The second-order valence-corrected chi connectivity index (χ2v) is 12.0. The highest BCUT2D eigenvalue weighted by Gasteiger charge is 2.41. The Morgan fingerprint density at radius 1 is 0.950 bits per heavy atom. The molecule has 5 rings (SSSR count). The molecule has 0 amide bonds. The van der Waals surface area contributed by atoms with Gasteiger partial charge in [0.05, 0.1) is 0 Å². The zero-order chi connectivity index (χ0) is 28.6. The second-order valence-electron chi connectivity index (χ2n) is 12.0. The van der Waals surface area contributed by atoms with Gasteiger partial charge in [-0.15, -0.1) is 0 Å². The van der Waals surface area contributed by atoms with E-state index in [9.17, 15) is 0 Å². The Labute approximate surface area is 242 Å². The third-order valence-corrected chi connectivity index (χ3v) is 8.97. The molecule has 2 atom stereocenters. The van der Waals surface area contributed by atoms with Crippen molar-refractivity contribution in [3.05, 3.63) is 153 Å². The maximum atomic E-state index is 4.74. The summed E-state index contributed by atoms with van der Waals surface area (Å²) in [6.45, 7) is 24.6. The van der Waals surface area contributed by atoms with Crippen LogP contribution in [0.25, 0.3) is 11.1 Å². The minimum atomic E-state index is 0.278. The van der Waals surface area contributed by atoms with E-state index in [1.807, 2.05) is 0 Å². The summed E-state index contributed by atoms with van der Waals surface area (Å²) in [6, 6.07) is 16.0. The van der Waals surface area contributed by atoms with Crippen molar-refractivity contribution in [2.45, 2.75) is 72.6 Å². The fraction of sp³-hybridized carbons (Fsp3) is 0.300. The van der Waals surface area contributed by atoms with Gasteiger partial charge in [-0.05, 0) is 102 Å². The largest absolute Gasteiger partial charge is 0.0955 e. The Morgan fingerprint density at radius 2 is 1.70 bits per heavy atom. The van der Waals surface area contributed by atoms with E-state index < -0.39 is 0 Å².